The summed E-state index contributed by atoms with van der Waals surface area (Å²) in [6.07, 6.45) is 0. The molecular weight excluding hydrogens is 530 g/mol. The number of hydrogen-bond acceptors (Lipinski definition) is 3. The molecule has 4 aromatic carbocycles. The Balaban J connectivity index is 1.53. The first-order chi connectivity index (χ1) is 18.5. The highest BCUT2D eigenvalue weighted by Crippen LogP contribution is 2.35. The third-order valence-electron chi connectivity index (χ3n) is 6.47. The van der Waals surface area contributed by atoms with Gasteiger partial charge in [0.25, 0.3) is 15.9 Å². The van der Waals surface area contributed by atoms with Crippen molar-refractivity contribution < 1.29 is 13.2 Å². The molecule has 39 heavy (non-hydrogen) atoms. The fourth-order valence-electron chi connectivity index (χ4n) is 4.41. The lowest BCUT2D eigenvalue weighted by molar-refractivity contribution is 0.102. The SMILES string of the molecule is CC(C)(C)c1ccc(S(=O)(=O)Nc2ccc3[nH]c(C(=O)Nc4ccc(Cl)cc4)c(-c4ccccc4)c3c2)cc1. The van der Waals surface area contributed by atoms with Crippen LogP contribution in [0.1, 0.15) is 36.8 Å². The topological polar surface area (TPSA) is 91.1 Å². The number of halogens is 1. The molecule has 0 aliphatic carbocycles. The van der Waals surface area contributed by atoms with Crippen molar-refractivity contribution in [3.63, 3.8) is 0 Å². The van der Waals surface area contributed by atoms with Crippen LogP contribution >= 0.6 is 11.6 Å². The zero-order valence-corrected chi connectivity index (χ0v) is 23.3. The molecule has 5 aromatic rings. The van der Waals surface area contributed by atoms with Crippen molar-refractivity contribution in [2.24, 2.45) is 0 Å². The zero-order valence-electron chi connectivity index (χ0n) is 21.7. The van der Waals surface area contributed by atoms with Gasteiger partial charge in [-0.1, -0.05) is 74.8 Å². The van der Waals surface area contributed by atoms with E-state index in [9.17, 15) is 13.2 Å². The number of fused-ring (bicyclic) bond motifs is 1. The Labute approximate surface area is 233 Å². The fraction of sp³-hybridized carbons (Fsp3) is 0.129. The van der Waals surface area contributed by atoms with E-state index in [1.165, 1.54) is 0 Å². The maximum absolute atomic E-state index is 13.4. The van der Waals surface area contributed by atoms with E-state index in [0.717, 1.165) is 11.1 Å². The van der Waals surface area contributed by atoms with E-state index in [0.29, 0.717) is 38.6 Å². The quantitative estimate of drug-likeness (QED) is 0.198. The number of benzene rings is 4. The van der Waals surface area contributed by atoms with Gasteiger partial charge in [0.05, 0.1) is 4.90 Å². The second-order valence-electron chi connectivity index (χ2n) is 10.3. The van der Waals surface area contributed by atoms with Gasteiger partial charge in [0.15, 0.2) is 0 Å². The van der Waals surface area contributed by atoms with E-state index in [4.69, 9.17) is 11.6 Å². The third kappa shape index (κ3) is 5.70. The van der Waals surface area contributed by atoms with Gasteiger partial charge in [0.2, 0.25) is 0 Å². The van der Waals surface area contributed by atoms with E-state index in [-0.39, 0.29) is 16.2 Å². The van der Waals surface area contributed by atoms with E-state index < -0.39 is 10.0 Å². The first-order valence-electron chi connectivity index (χ1n) is 12.4. The van der Waals surface area contributed by atoms with Gasteiger partial charge in [0.1, 0.15) is 5.69 Å². The Bertz CT molecular complexity index is 1750. The predicted molar refractivity (Wildman–Crippen MR) is 159 cm³/mol. The van der Waals surface area contributed by atoms with Crippen LogP contribution in [0.4, 0.5) is 11.4 Å². The third-order valence-corrected chi connectivity index (χ3v) is 8.12. The number of rotatable bonds is 6. The van der Waals surface area contributed by atoms with E-state index >= 15 is 0 Å². The highest BCUT2D eigenvalue weighted by molar-refractivity contribution is 7.92. The monoisotopic (exact) mass is 557 g/mol. The summed E-state index contributed by atoms with van der Waals surface area (Å²) in [4.78, 5) is 16.8. The van der Waals surface area contributed by atoms with Crippen molar-refractivity contribution >= 4 is 49.8 Å². The van der Waals surface area contributed by atoms with Crippen LogP contribution in [-0.2, 0) is 15.4 Å². The molecule has 198 valence electrons. The lowest BCUT2D eigenvalue weighted by Crippen LogP contribution is -2.14. The summed E-state index contributed by atoms with van der Waals surface area (Å²) in [6, 6.07) is 28.5. The van der Waals surface area contributed by atoms with E-state index in [2.05, 4.69) is 35.8 Å². The largest absolute Gasteiger partial charge is 0.350 e. The fourth-order valence-corrected chi connectivity index (χ4v) is 5.58. The van der Waals surface area contributed by atoms with Crippen LogP contribution in [0, 0.1) is 0 Å². The minimum atomic E-state index is -3.83. The summed E-state index contributed by atoms with van der Waals surface area (Å²) >= 11 is 5.98. The molecule has 1 aromatic heterocycles. The van der Waals surface area contributed by atoms with Gasteiger partial charge in [-0.05, 0) is 71.1 Å². The Morgan fingerprint density at radius 2 is 1.46 bits per heavy atom. The standard InChI is InChI=1S/C31H28ClN3O3S/c1-31(2,3)21-9-16-25(17-10-21)39(37,38)35-24-15-18-27-26(19-24)28(20-7-5-4-6-8-20)29(34-27)30(36)33-23-13-11-22(32)12-14-23/h4-19,34-35H,1-3H3,(H,33,36). The lowest BCUT2D eigenvalue weighted by atomic mass is 9.87. The molecule has 0 spiro atoms. The van der Waals surface area contributed by atoms with Gasteiger partial charge in [-0.25, -0.2) is 8.42 Å². The normalized spacial score (nSPS) is 11.9. The van der Waals surface area contributed by atoms with Gasteiger partial charge in [0, 0.05) is 32.9 Å². The van der Waals surface area contributed by atoms with Gasteiger partial charge in [-0.2, -0.15) is 0 Å². The van der Waals surface area contributed by atoms with Crippen molar-refractivity contribution in [1.82, 2.24) is 4.98 Å². The van der Waals surface area contributed by atoms with Crippen LogP contribution in [0.15, 0.2) is 102 Å². The molecule has 0 radical (unpaired) electrons. The minimum absolute atomic E-state index is 0.0829. The van der Waals surface area contributed by atoms with Gasteiger partial charge in [-0.3, -0.25) is 9.52 Å². The summed E-state index contributed by atoms with van der Waals surface area (Å²) in [6.45, 7) is 6.24. The summed E-state index contributed by atoms with van der Waals surface area (Å²) in [7, 11) is -3.83. The average molecular weight is 558 g/mol. The molecule has 8 heteroatoms. The van der Waals surface area contributed by atoms with Crippen LogP contribution in [0.25, 0.3) is 22.0 Å². The second-order valence-corrected chi connectivity index (χ2v) is 12.5. The van der Waals surface area contributed by atoms with Crippen molar-refractivity contribution in [2.45, 2.75) is 31.1 Å². The smallest absolute Gasteiger partial charge is 0.272 e. The molecule has 0 saturated heterocycles. The number of hydrogen-bond donors (Lipinski definition) is 3. The second kappa shape index (κ2) is 10.2. The zero-order chi connectivity index (χ0) is 27.8. The van der Waals surface area contributed by atoms with Crippen LogP contribution in [-0.4, -0.2) is 19.3 Å². The maximum atomic E-state index is 13.4. The Hall–Kier alpha value is -4.07. The van der Waals surface area contributed by atoms with E-state index in [1.54, 1.807) is 54.6 Å². The molecule has 5 rings (SSSR count). The number of aromatic amines is 1. The number of carbonyl (C=O) groups is 1. The lowest BCUT2D eigenvalue weighted by Gasteiger charge is -2.19. The number of carbonyl (C=O) groups excluding carboxylic acids is 1. The van der Waals surface area contributed by atoms with Crippen molar-refractivity contribution in [3.8, 4) is 11.1 Å². The Morgan fingerprint density at radius 1 is 0.821 bits per heavy atom. The van der Waals surface area contributed by atoms with Crippen LogP contribution in [0.2, 0.25) is 5.02 Å². The van der Waals surface area contributed by atoms with Crippen molar-refractivity contribution in [3.05, 3.63) is 113 Å². The van der Waals surface area contributed by atoms with Crippen LogP contribution in [0.3, 0.4) is 0 Å². The molecule has 0 atom stereocenters. The molecule has 3 N–H and O–H groups in total. The van der Waals surface area contributed by atoms with Crippen molar-refractivity contribution in [1.29, 1.82) is 0 Å². The minimum Gasteiger partial charge on any atom is -0.350 e. The maximum Gasteiger partial charge on any atom is 0.272 e. The molecule has 0 saturated carbocycles. The molecule has 0 fully saturated rings. The highest BCUT2D eigenvalue weighted by atomic mass is 35.5. The Morgan fingerprint density at radius 3 is 2.10 bits per heavy atom. The number of aromatic nitrogens is 1. The van der Waals surface area contributed by atoms with Gasteiger partial charge < -0.3 is 10.3 Å². The molecule has 6 nitrogen and oxygen atoms in total. The average Bonchev–Trinajstić information content (AvgIpc) is 3.29. The molecule has 0 aliphatic rings. The van der Waals surface area contributed by atoms with Crippen molar-refractivity contribution in [2.75, 3.05) is 10.0 Å². The number of H-pyrrole nitrogens is 1. The van der Waals surface area contributed by atoms with Gasteiger partial charge in [-0.15, -0.1) is 0 Å². The summed E-state index contributed by atoms with van der Waals surface area (Å²) in [5.41, 5.74) is 4.52. The van der Waals surface area contributed by atoms with Crippen LogP contribution < -0.4 is 10.0 Å². The first kappa shape index (κ1) is 26.5. The first-order valence-corrected chi connectivity index (χ1v) is 14.3. The summed E-state index contributed by atoms with van der Waals surface area (Å²) < 4.78 is 29.1. The predicted octanol–water partition coefficient (Wildman–Crippen LogP) is 7.84. The number of nitrogens with one attached hydrogen (secondary N) is 3. The number of amides is 1. The summed E-state index contributed by atoms with van der Waals surface area (Å²) in [5, 5.41) is 4.19. The molecule has 1 heterocycles. The molecule has 0 aliphatic heterocycles. The van der Waals surface area contributed by atoms with Crippen LogP contribution in [0.5, 0.6) is 0 Å². The number of sulfonamides is 1. The van der Waals surface area contributed by atoms with Gasteiger partial charge >= 0.3 is 0 Å². The van der Waals surface area contributed by atoms with E-state index in [1.807, 2.05) is 42.5 Å². The molecule has 1 amide bonds. The molecule has 0 unspecified atom stereocenters. The Kier molecular flexibility index (Phi) is 6.97. The summed E-state index contributed by atoms with van der Waals surface area (Å²) in [5.74, 6) is -0.326. The highest BCUT2D eigenvalue weighted by Gasteiger charge is 2.22. The number of anilines is 2. The molecular formula is C31H28ClN3O3S. The molecule has 0 bridgehead atoms.